The molecule has 1 rings (SSSR count). The molecular formula is C15H26N2O. The first kappa shape index (κ1) is 15.0. The number of nitrogens with one attached hydrogen (secondary N) is 1. The molecule has 3 N–H and O–H groups in total. The van der Waals surface area contributed by atoms with Gasteiger partial charge in [0, 0.05) is 12.1 Å². The highest BCUT2D eigenvalue weighted by molar-refractivity contribution is 5.27. The van der Waals surface area contributed by atoms with Gasteiger partial charge in [0.25, 0.3) is 0 Å². The molecule has 0 aliphatic heterocycles. The van der Waals surface area contributed by atoms with Crippen molar-refractivity contribution in [3.63, 3.8) is 0 Å². The van der Waals surface area contributed by atoms with Crippen LogP contribution < -0.4 is 15.8 Å². The van der Waals surface area contributed by atoms with Gasteiger partial charge < -0.3 is 15.8 Å². The fraction of sp³-hybridized carbons (Fsp3) is 0.600. The molecule has 0 bridgehead atoms. The van der Waals surface area contributed by atoms with Crippen LogP contribution in [-0.2, 0) is 6.54 Å². The second-order valence-corrected chi connectivity index (χ2v) is 5.73. The Kier molecular flexibility index (Phi) is 5.63. The Morgan fingerprint density at radius 1 is 1.22 bits per heavy atom. The Morgan fingerprint density at radius 3 is 2.33 bits per heavy atom. The summed E-state index contributed by atoms with van der Waals surface area (Å²) in [4.78, 5) is 0. The van der Waals surface area contributed by atoms with Gasteiger partial charge in [0.2, 0.25) is 0 Å². The molecule has 1 aromatic carbocycles. The van der Waals surface area contributed by atoms with E-state index in [0.717, 1.165) is 25.3 Å². The molecule has 0 radical (unpaired) electrons. The molecule has 0 atom stereocenters. The Morgan fingerprint density at radius 2 is 1.83 bits per heavy atom. The first-order chi connectivity index (χ1) is 8.37. The van der Waals surface area contributed by atoms with E-state index >= 15 is 0 Å². The lowest BCUT2D eigenvalue weighted by Crippen LogP contribution is -2.35. The third-order valence-electron chi connectivity index (χ3n) is 2.57. The maximum Gasteiger partial charge on any atom is 0.119 e. The van der Waals surface area contributed by atoms with Crippen molar-refractivity contribution in [3.05, 3.63) is 29.8 Å². The Hall–Kier alpha value is -1.06. The number of hydrogen-bond donors (Lipinski definition) is 2. The zero-order valence-electron chi connectivity index (χ0n) is 12.0. The molecule has 0 spiro atoms. The summed E-state index contributed by atoms with van der Waals surface area (Å²) in [6.07, 6.45) is 1.20. The summed E-state index contributed by atoms with van der Waals surface area (Å²) in [5.74, 6) is 0.928. The number of rotatable bonds is 7. The van der Waals surface area contributed by atoms with Gasteiger partial charge >= 0.3 is 0 Å². The summed E-state index contributed by atoms with van der Waals surface area (Å²) >= 11 is 0. The van der Waals surface area contributed by atoms with Crippen molar-refractivity contribution in [2.24, 2.45) is 5.73 Å². The van der Waals surface area contributed by atoms with E-state index in [4.69, 9.17) is 10.5 Å². The minimum absolute atomic E-state index is 0.0953. The minimum atomic E-state index is -0.0953. The summed E-state index contributed by atoms with van der Waals surface area (Å²) in [7, 11) is 0. The smallest absolute Gasteiger partial charge is 0.119 e. The largest absolute Gasteiger partial charge is 0.491 e. The molecular weight excluding hydrogens is 224 g/mol. The molecule has 18 heavy (non-hydrogen) atoms. The van der Waals surface area contributed by atoms with Gasteiger partial charge in [-0.05, 0) is 58.4 Å². The van der Waals surface area contributed by atoms with E-state index < -0.39 is 0 Å². The van der Waals surface area contributed by atoms with E-state index in [-0.39, 0.29) is 11.6 Å². The van der Waals surface area contributed by atoms with Gasteiger partial charge in [0.15, 0.2) is 0 Å². The SMILES string of the molecule is CC(C)Oc1ccc(CNCCC(C)(C)N)cc1. The predicted octanol–water partition coefficient (Wildman–Crippen LogP) is 2.69. The van der Waals surface area contributed by atoms with Crippen LogP contribution in [0, 0.1) is 0 Å². The van der Waals surface area contributed by atoms with Gasteiger partial charge in [0.05, 0.1) is 6.10 Å². The Labute approximate surface area is 111 Å². The highest BCUT2D eigenvalue weighted by Gasteiger charge is 2.08. The molecule has 0 aliphatic carbocycles. The molecule has 3 nitrogen and oxygen atoms in total. The van der Waals surface area contributed by atoms with Crippen LogP contribution in [-0.4, -0.2) is 18.2 Å². The first-order valence-corrected chi connectivity index (χ1v) is 6.62. The first-order valence-electron chi connectivity index (χ1n) is 6.62. The number of nitrogens with two attached hydrogens (primary N) is 1. The number of benzene rings is 1. The molecule has 0 unspecified atom stereocenters. The molecule has 3 heteroatoms. The second kappa shape index (κ2) is 6.76. The average molecular weight is 250 g/mol. The molecule has 0 saturated carbocycles. The summed E-state index contributed by atoms with van der Waals surface area (Å²) in [6.45, 7) is 9.97. The van der Waals surface area contributed by atoms with Crippen molar-refractivity contribution in [2.75, 3.05) is 6.54 Å². The monoisotopic (exact) mass is 250 g/mol. The standard InChI is InChI=1S/C15H26N2O/c1-12(2)18-14-7-5-13(6-8-14)11-17-10-9-15(3,4)16/h5-8,12,17H,9-11,16H2,1-4H3. The fourth-order valence-corrected chi connectivity index (χ4v) is 1.60. The zero-order valence-corrected chi connectivity index (χ0v) is 12.0. The van der Waals surface area contributed by atoms with Gasteiger partial charge in [-0.15, -0.1) is 0 Å². The van der Waals surface area contributed by atoms with E-state index in [1.165, 1.54) is 5.56 Å². The highest BCUT2D eigenvalue weighted by atomic mass is 16.5. The van der Waals surface area contributed by atoms with Crippen LogP contribution in [0.15, 0.2) is 24.3 Å². The zero-order chi connectivity index (χ0) is 13.6. The van der Waals surface area contributed by atoms with Crippen LogP contribution in [0.4, 0.5) is 0 Å². The van der Waals surface area contributed by atoms with Crippen molar-refractivity contribution in [2.45, 2.75) is 52.3 Å². The molecule has 1 aromatic rings. The molecule has 0 fully saturated rings. The number of hydrogen-bond acceptors (Lipinski definition) is 3. The normalized spacial score (nSPS) is 11.9. The average Bonchev–Trinajstić information content (AvgIpc) is 2.24. The molecule has 0 heterocycles. The van der Waals surface area contributed by atoms with E-state index in [9.17, 15) is 0 Å². The van der Waals surface area contributed by atoms with Gasteiger partial charge in [-0.25, -0.2) is 0 Å². The van der Waals surface area contributed by atoms with Crippen LogP contribution in [0.25, 0.3) is 0 Å². The van der Waals surface area contributed by atoms with Gasteiger partial charge in [-0.1, -0.05) is 12.1 Å². The van der Waals surface area contributed by atoms with Gasteiger partial charge in [0.1, 0.15) is 5.75 Å². The fourth-order valence-electron chi connectivity index (χ4n) is 1.60. The van der Waals surface area contributed by atoms with Crippen LogP contribution in [0.2, 0.25) is 0 Å². The third-order valence-corrected chi connectivity index (χ3v) is 2.57. The van der Waals surface area contributed by atoms with Crippen molar-refractivity contribution in [1.82, 2.24) is 5.32 Å². The van der Waals surface area contributed by atoms with Crippen molar-refractivity contribution in [3.8, 4) is 5.75 Å². The van der Waals surface area contributed by atoms with Crippen molar-refractivity contribution < 1.29 is 4.74 Å². The lowest BCUT2D eigenvalue weighted by Gasteiger charge is -2.18. The highest BCUT2D eigenvalue weighted by Crippen LogP contribution is 2.13. The summed E-state index contributed by atoms with van der Waals surface area (Å²) in [5, 5.41) is 3.40. The van der Waals surface area contributed by atoms with E-state index in [0.29, 0.717) is 0 Å². The molecule has 0 saturated heterocycles. The summed E-state index contributed by atoms with van der Waals surface area (Å²) < 4.78 is 5.60. The summed E-state index contributed by atoms with van der Waals surface area (Å²) in [5.41, 5.74) is 7.09. The Bertz CT molecular complexity index is 339. The predicted molar refractivity (Wildman–Crippen MR) is 76.8 cm³/mol. The van der Waals surface area contributed by atoms with E-state index in [1.807, 2.05) is 39.8 Å². The van der Waals surface area contributed by atoms with Crippen LogP contribution in [0.5, 0.6) is 5.75 Å². The minimum Gasteiger partial charge on any atom is -0.491 e. The van der Waals surface area contributed by atoms with Crippen LogP contribution in [0.3, 0.4) is 0 Å². The molecule has 0 aliphatic rings. The number of ether oxygens (including phenoxy) is 1. The summed E-state index contributed by atoms with van der Waals surface area (Å²) in [6, 6.07) is 8.23. The molecule has 0 aromatic heterocycles. The second-order valence-electron chi connectivity index (χ2n) is 5.73. The van der Waals surface area contributed by atoms with E-state index in [2.05, 4.69) is 17.4 Å². The lowest BCUT2D eigenvalue weighted by molar-refractivity contribution is 0.242. The topological polar surface area (TPSA) is 47.3 Å². The van der Waals surface area contributed by atoms with Crippen molar-refractivity contribution >= 4 is 0 Å². The molecule has 0 amide bonds. The van der Waals surface area contributed by atoms with Crippen LogP contribution >= 0.6 is 0 Å². The quantitative estimate of drug-likeness (QED) is 0.731. The van der Waals surface area contributed by atoms with Gasteiger partial charge in [-0.3, -0.25) is 0 Å². The third kappa shape index (κ3) is 6.62. The maximum absolute atomic E-state index is 5.92. The van der Waals surface area contributed by atoms with Gasteiger partial charge in [-0.2, -0.15) is 0 Å². The van der Waals surface area contributed by atoms with Crippen molar-refractivity contribution in [1.29, 1.82) is 0 Å². The lowest BCUT2D eigenvalue weighted by atomic mass is 10.0. The van der Waals surface area contributed by atoms with E-state index in [1.54, 1.807) is 0 Å². The Balaban J connectivity index is 2.31. The molecule has 102 valence electrons. The maximum atomic E-state index is 5.92. The van der Waals surface area contributed by atoms with Crippen LogP contribution in [0.1, 0.15) is 39.7 Å².